The summed E-state index contributed by atoms with van der Waals surface area (Å²) in [7, 11) is 1.67. The molecule has 2 atom stereocenters. The SMILES string of the molecule is C=C/C(=C(\CC1(C)COC(C(C)/C=C\C(F)=C/CC)=C1C(=O)NC)C1CCC1)N(CCCCCOCCCCCCC)SC. The number of carbonyl (C=O) groups excluding carboxylic acids is 1. The van der Waals surface area contributed by atoms with E-state index in [1.54, 1.807) is 31.1 Å². The molecule has 7 heteroatoms. The third-order valence-electron chi connectivity index (χ3n) is 8.94. The molecule has 0 aromatic heterocycles. The molecule has 0 aromatic carbocycles. The number of rotatable bonds is 23. The predicted molar refractivity (Wildman–Crippen MR) is 186 cm³/mol. The van der Waals surface area contributed by atoms with Crippen molar-refractivity contribution in [1.82, 2.24) is 9.62 Å². The molecule has 0 radical (unpaired) electrons. The van der Waals surface area contributed by atoms with Crippen molar-refractivity contribution in [3.63, 3.8) is 0 Å². The number of hydrogen-bond donors (Lipinski definition) is 1. The van der Waals surface area contributed by atoms with E-state index < -0.39 is 5.41 Å². The molecule has 250 valence electrons. The van der Waals surface area contributed by atoms with Crippen LogP contribution in [0, 0.1) is 17.3 Å². The maximum absolute atomic E-state index is 14.1. The number of nitrogens with one attached hydrogen (secondary N) is 1. The summed E-state index contributed by atoms with van der Waals surface area (Å²) in [5.41, 5.74) is 2.75. The molecule has 1 saturated carbocycles. The first kappa shape index (κ1) is 38.2. The van der Waals surface area contributed by atoms with Gasteiger partial charge in [-0.15, -0.1) is 0 Å². The van der Waals surface area contributed by atoms with Gasteiger partial charge in [0, 0.05) is 50.1 Å². The van der Waals surface area contributed by atoms with Gasteiger partial charge in [-0.1, -0.05) is 84.4 Å². The fourth-order valence-electron chi connectivity index (χ4n) is 6.15. The smallest absolute Gasteiger partial charge is 0.251 e. The average molecular weight is 633 g/mol. The largest absolute Gasteiger partial charge is 0.496 e. The zero-order valence-corrected chi connectivity index (χ0v) is 29.5. The van der Waals surface area contributed by atoms with Crippen molar-refractivity contribution in [3.05, 3.63) is 59.3 Å². The molecular weight excluding hydrogens is 571 g/mol. The lowest BCUT2D eigenvalue weighted by Gasteiger charge is -2.37. The van der Waals surface area contributed by atoms with Gasteiger partial charge in [0.1, 0.15) is 11.6 Å². The highest BCUT2D eigenvalue weighted by atomic mass is 32.2. The van der Waals surface area contributed by atoms with E-state index in [0.717, 1.165) is 58.3 Å². The minimum atomic E-state index is -0.494. The Kier molecular flexibility index (Phi) is 18.2. The maximum Gasteiger partial charge on any atom is 0.251 e. The Morgan fingerprint density at radius 1 is 1.18 bits per heavy atom. The third kappa shape index (κ3) is 11.7. The number of amides is 1. The van der Waals surface area contributed by atoms with Crippen molar-refractivity contribution in [1.29, 1.82) is 0 Å². The second-order valence-corrected chi connectivity index (χ2v) is 13.4. The molecule has 0 aromatic rings. The average Bonchev–Trinajstić information content (AvgIpc) is 3.33. The fourth-order valence-corrected chi connectivity index (χ4v) is 6.85. The standard InChI is InChI=1S/C37H61FN2O3S/c1-8-11-12-13-16-25-42-26-17-14-15-24-40(44-7)33(10-3)32(30-20-18-21-30)27-37(5)28-43-35(34(37)36(41)39-6)29(4)22-23-31(38)19-9-2/h10,19,22-23,29-30H,3,8-9,11-18,20-21,24-28H2,1-2,4-7H3,(H,39,41)/b23-22-,31-19+,33-32-. The van der Waals surface area contributed by atoms with E-state index in [4.69, 9.17) is 9.47 Å². The van der Waals surface area contributed by atoms with Crippen LogP contribution in [-0.4, -0.2) is 49.9 Å². The lowest BCUT2D eigenvalue weighted by molar-refractivity contribution is -0.118. The van der Waals surface area contributed by atoms with E-state index in [0.29, 0.717) is 30.3 Å². The van der Waals surface area contributed by atoms with Gasteiger partial charge in [-0.3, -0.25) is 4.79 Å². The van der Waals surface area contributed by atoms with Crippen LogP contribution >= 0.6 is 11.9 Å². The first-order valence-corrected chi connectivity index (χ1v) is 18.3. The third-order valence-corrected chi connectivity index (χ3v) is 9.76. The minimum Gasteiger partial charge on any atom is -0.496 e. The highest BCUT2D eigenvalue weighted by Gasteiger charge is 2.45. The van der Waals surface area contributed by atoms with Gasteiger partial charge in [0.25, 0.3) is 5.91 Å². The van der Waals surface area contributed by atoms with Crippen LogP contribution in [0.2, 0.25) is 0 Å². The Morgan fingerprint density at radius 2 is 1.86 bits per heavy atom. The number of ether oxygens (including phenoxy) is 2. The van der Waals surface area contributed by atoms with Crippen LogP contribution < -0.4 is 5.32 Å². The van der Waals surface area contributed by atoms with Gasteiger partial charge in [0.2, 0.25) is 0 Å². The Morgan fingerprint density at radius 3 is 2.43 bits per heavy atom. The highest BCUT2D eigenvalue weighted by Crippen LogP contribution is 2.49. The number of halogens is 1. The van der Waals surface area contributed by atoms with Crippen molar-refractivity contribution in [2.75, 3.05) is 39.7 Å². The number of allylic oxidation sites excluding steroid dienone is 6. The molecule has 0 bridgehead atoms. The van der Waals surface area contributed by atoms with Crippen molar-refractivity contribution in [2.24, 2.45) is 17.3 Å². The molecule has 2 rings (SSSR count). The van der Waals surface area contributed by atoms with E-state index in [2.05, 4.69) is 36.3 Å². The van der Waals surface area contributed by atoms with Crippen molar-refractivity contribution < 1.29 is 18.7 Å². The highest BCUT2D eigenvalue weighted by molar-refractivity contribution is 7.96. The molecule has 0 spiro atoms. The quantitative estimate of drug-likeness (QED) is 0.0690. The summed E-state index contributed by atoms with van der Waals surface area (Å²) in [4.78, 5) is 13.4. The molecule has 5 nitrogen and oxygen atoms in total. The zero-order valence-electron chi connectivity index (χ0n) is 28.7. The molecule has 1 fully saturated rings. The molecule has 0 saturated heterocycles. The first-order chi connectivity index (χ1) is 21.3. The molecule has 44 heavy (non-hydrogen) atoms. The van der Waals surface area contributed by atoms with Gasteiger partial charge < -0.3 is 19.1 Å². The van der Waals surface area contributed by atoms with Gasteiger partial charge in [0.05, 0.1) is 12.2 Å². The summed E-state index contributed by atoms with van der Waals surface area (Å²) in [6, 6.07) is 0. The van der Waals surface area contributed by atoms with Crippen LogP contribution in [0.3, 0.4) is 0 Å². The fraction of sp³-hybridized carbons (Fsp3) is 0.703. The van der Waals surface area contributed by atoms with Crippen molar-refractivity contribution in [3.8, 4) is 0 Å². The molecule has 1 aliphatic carbocycles. The molecule has 2 aliphatic rings. The van der Waals surface area contributed by atoms with Gasteiger partial charge in [-0.05, 0) is 81.1 Å². The van der Waals surface area contributed by atoms with Crippen LogP contribution in [0.5, 0.6) is 0 Å². The van der Waals surface area contributed by atoms with Crippen LogP contribution in [0.4, 0.5) is 4.39 Å². The summed E-state index contributed by atoms with van der Waals surface area (Å²) in [5, 5.41) is 2.86. The number of likely N-dealkylation sites (N-methyl/N-ethyl adjacent to an activating group) is 1. The van der Waals surface area contributed by atoms with E-state index in [1.165, 1.54) is 55.9 Å². The summed E-state index contributed by atoms with van der Waals surface area (Å²) >= 11 is 1.75. The Balaban J connectivity index is 2.17. The number of nitrogens with zero attached hydrogens (tertiary/aromatic N) is 1. The monoisotopic (exact) mass is 632 g/mol. The summed E-state index contributed by atoms with van der Waals surface area (Å²) in [6.07, 6.45) is 23.6. The lowest BCUT2D eigenvalue weighted by atomic mass is 9.69. The maximum atomic E-state index is 14.1. The predicted octanol–water partition coefficient (Wildman–Crippen LogP) is 9.85. The molecule has 1 amide bonds. The molecule has 1 aliphatic heterocycles. The normalized spacial score (nSPS) is 20.4. The number of carbonyl (C=O) groups is 1. The van der Waals surface area contributed by atoms with Crippen LogP contribution in [0.15, 0.2) is 59.3 Å². The van der Waals surface area contributed by atoms with Crippen LogP contribution in [0.1, 0.15) is 111 Å². The van der Waals surface area contributed by atoms with Gasteiger partial charge in [-0.2, -0.15) is 0 Å². The second-order valence-electron chi connectivity index (χ2n) is 12.6. The van der Waals surface area contributed by atoms with E-state index in [-0.39, 0.29) is 17.7 Å². The van der Waals surface area contributed by atoms with Gasteiger partial charge >= 0.3 is 0 Å². The zero-order chi connectivity index (χ0) is 32.4. The molecule has 1 heterocycles. The van der Waals surface area contributed by atoms with E-state index in [1.807, 2.05) is 19.9 Å². The second kappa shape index (κ2) is 20.9. The molecular formula is C37H61FN2O3S. The van der Waals surface area contributed by atoms with Crippen LogP contribution in [-0.2, 0) is 14.3 Å². The Bertz CT molecular complexity index is 1020. The van der Waals surface area contributed by atoms with Crippen LogP contribution in [0.25, 0.3) is 0 Å². The van der Waals surface area contributed by atoms with E-state index in [9.17, 15) is 9.18 Å². The summed E-state index contributed by atoms with van der Waals surface area (Å²) in [6.45, 7) is 15.6. The lowest BCUT2D eigenvalue weighted by Crippen LogP contribution is -2.34. The Labute approximate surface area is 273 Å². The number of unbranched alkanes of at least 4 members (excludes halogenated alkanes) is 6. The topological polar surface area (TPSA) is 50.8 Å². The summed E-state index contributed by atoms with van der Waals surface area (Å²) in [5.74, 6) is 0.521. The molecule has 1 N–H and O–H groups in total. The summed E-state index contributed by atoms with van der Waals surface area (Å²) < 4.78 is 28.7. The van der Waals surface area contributed by atoms with Gasteiger partial charge in [-0.25, -0.2) is 4.39 Å². The Hall–Kier alpha value is -1.99. The van der Waals surface area contributed by atoms with Gasteiger partial charge in [0.15, 0.2) is 0 Å². The molecule has 2 unspecified atom stereocenters. The first-order valence-electron chi connectivity index (χ1n) is 17.1. The number of hydrogen-bond acceptors (Lipinski definition) is 5. The van der Waals surface area contributed by atoms with E-state index >= 15 is 0 Å². The van der Waals surface area contributed by atoms with Crippen molar-refractivity contribution >= 4 is 17.9 Å². The minimum absolute atomic E-state index is 0.122. The van der Waals surface area contributed by atoms with Crippen molar-refractivity contribution in [2.45, 2.75) is 111 Å².